The second-order valence-corrected chi connectivity index (χ2v) is 8.58. The normalized spacial score (nSPS) is 16.3. The number of hydrogen-bond donors (Lipinski definition) is 2. The van der Waals surface area contributed by atoms with E-state index >= 15 is 0 Å². The third-order valence-electron chi connectivity index (χ3n) is 3.88. The molecule has 0 bridgehead atoms. The van der Waals surface area contributed by atoms with E-state index in [1.54, 1.807) is 24.3 Å². The summed E-state index contributed by atoms with van der Waals surface area (Å²) < 4.78 is 6.25. The molecule has 6 nitrogen and oxygen atoms in total. The average molecular weight is 426 g/mol. The van der Waals surface area contributed by atoms with Gasteiger partial charge in [0.2, 0.25) is 11.8 Å². The molecule has 1 aromatic heterocycles. The lowest BCUT2D eigenvalue weighted by Crippen LogP contribution is -2.32. The minimum atomic E-state index is -0.117. The lowest BCUT2D eigenvalue weighted by atomic mass is 10.2. The van der Waals surface area contributed by atoms with E-state index in [0.29, 0.717) is 22.9 Å². The molecule has 2 amide bonds. The van der Waals surface area contributed by atoms with Crippen molar-refractivity contribution in [3.63, 3.8) is 0 Å². The van der Waals surface area contributed by atoms with Crippen LogP contribution in [0.5, 0.6) is 0 Å². The zero-order valence-electron chi connectivity index (χ0n) is 14.6. The molecule has 2 N–H and O–H groups in total. The molecule has 1 aliphatic heterocycles. The standard InChI is InChI=1S/C18H20ClN3O3S2/c19-12-3-5-13(6-4-12)21-17(24)11-27-18-22-14(10-26-18)8-16(23)20-9-15-2-1-7-25-15/h3-6,10,15H,1-2,7-9,11H2,(H,20,23)(H,21,24). The van der Waals surface area contributed by atoms with Gasteiger partial charge in [0.1, 0.15) is 0 Å². The van der Waals surface area contributed by atoms with Crippen molar-refractivity contribution in [3.8, 4) is 0 Å². The largest absolute Gasteiger partial charge is 0.376 e. The van der Waals surface area contributed by atoms with Crippen molar-refractivity contribution in [2.45, 2.75) is 29.7 Å². The van der Waals surface area contributed by atoms with E-state index in [9.17, 15) is 9.59 Å². The van der Waals surface area contributed by atoms with E-state index < -0.39 is 0 Å². The van der Waals surface area contributed by atoms with Gasteiger partial charge in [-0.2, -0.15) is 0 Å². The van der Waals surface area contributed by atoms with Gasteiger partial charge in [0.25, 0.3) is 0 Å². The van der Waals surface area contributed by atoms with Gasteiger partial charge in [0.05, 0.1) is 24.0 Å². The zero-order chi connectivity index (χ0) is 19.1. The first-order valence-corrected chi connectivity index (χ1v) is 10.8. The first-order chi connectivity index (χ1) is 13.1. The van der Waals surface area contributed by atoms with Gasteiger partial charge in [-0.15, -0.1) is 11.3 Å². The number of halogens is 1. The first kappa shape index (κ1) is 20.1. The minimum Gasteiger partial charge on any atom is -0.376 e. The Morgan fingerprint density at radius 1 is 1.30 bits per heavy atom. The highest BCUT2D eigenvalue weighted by Crippen LogP contribution is 2.23. The number of rotatable bonds is 8. The number of thioether (sulfide) groups is 1. The van der Waals surface area contributed by atoms with Crippen LogP contribution < -0.4 is 10.6 Å². The van der Waals surface area contributed by atoms with Gasteiger partial charge in [-0.25, -0.2) is 4.98 Å². The Morgan fingerprint density at radius 3 is 2.85 bits per heavy atom. The number of ether oxygens (including phenoxy) is 1. The van der Waals surface area contributed by atoms with Crippen molar-refractivity contribution in [2.75, 3.05) is 24.2 Å². The molecule has 27 heavy (non-hydrogen) atoms. The lowest BCUT2D eigenvalue weighted by molar-refractivity contribution is -0.121. The molecule has 3 rings (SSSR count). The number of thiazole rings is 1. The Balaban J connectivity index is 1.38. The topological polar surface area (TPSA) is 80.3 Å². The van der Waals surface area contributed by atoms with E-state index in [1.165, 1.54) is 23.1 Å². The van der Waals surface area contributed by atoms with E-state index in [4.69, 9.17) is 16.3 Å². The number of carbonyl (C=O) groups excluding carboxylic acids is 2. The highest BCUT2D eigenvalue weighted by molar-refractivity contribution is 8.01. The maximum Gasteiger partial charge on any atom is 0.234 e. The summed E-state index contributed by atoms with van der Waals surface area (Å²) in [6.07, 6.45) is 2.42. The number of nitrogens with one attached hydrogen (secondary N) is 2. The number of anilines is 1. The van der Waals surface area contributed by atoms with Crippen molar-refractivity contribution in [1.82, 2.24) is 10.3 Å². The molecule has 1 aromatic carbocycles. The van der Waals surface area contributed by atoms with Gasteiger partial charge in [0.15, 0.2) is 4.34 Å². The summed E-state index contributed by atoms with van der Waals surface area (Å²) in [5.74, 6) is 0.0714. The van der Waals surface area contributed by atoms with Gasteiger partial charge >= 0.3 is 0 Å². The van der Waals surface area contributed by atoms with Crippen LogP contribution in [0.25, 0.3) is 0 Å². The summed E-state index contributed by atoms with van der Waals surface area (Å²) in [6, 6.07) is 6.95. The monoisotopic (exact) mass is 425 g/mol. The Labute approximate surface area is 171 Å². The molecule has 1 fully saturated rings. The second-order valence-electron chi connectivity index (χ2n) is 6.06. The van der Waals surface area contributed by atoms with Crippen LogP contribution >= 0.6 is 34.7 Å². The van der Waals surface area contributed by atoms with Gasteiger partial charge in [-0.05, 0) is 37.1 Å². The van der Waals surface area contributed by atoms with Gasteiger partial charge in [0, 0.05) is 29.2 Å². The number of hydrogen-bond acceptors (Lipinski definition) is 6. The Morgan fingerprint density at radius 2 is 2.11 bits per heavy atom. The van der Waals surface area contributed by atoms with Crippen LogP contribution in [0.2, 0.25) is 5.02 Å². The molecule has 1 unspecified atom stereocenters. The van der Waals surface area contributed by atoms with Crippen molar-refractivity contribution < 1.29 is 14.3 Å². The van der Waals surface area contributed by atoms with Gasteiger partial charge in [-0.3, -0.25) is 9.59 Å². The molecule has 0 aliphatic carbocycles. The Kier molecular flexibility index (Phi) is 7.51. The van der Waals surface area contributed by atoms with Crippen molar-refractivity contribution in [3.05, 3.63) is 40.4 Å². The summed E-state index contributed by atoms with van der Waals surface area (Å²) in [6.45, 7) is 1.33. The Hall–Kier alpha value is -1.61. The van der Waals surface area contributed by atoms with Gasteiger partial charge < -0.3 is 15.4 Å². The fourth-order valence-corrected chi connectivity index (χ4v) is 4.32. The van der Waals surface area contributed by atoms with Crippen molar-refractivity contribution >= 4 is 52.2 Å². The molecule has 0 spiro atoms. The molecule has 1 saturated heterocycles. The molecule has 1 atom stereocenters. The van der Waals surface area contributed by atoms with Crippen LogP contribution in [-0.4, -0.2) is 41.8 Å². The average Bonchev–Trinajstić information content (AvgIpc) is 3.32. The van der Waals surface area contributed by atoms with Crippen LogP contribution in [-0.2, 0) is 20.7 Å². The minimum absolute atomic E-state index is 0.0622. The SMILES string of the molecule is O=C(Cc1csc(SCC(=O)Nc2ccc(Cl)cc2)n1)NCC1CCCO1. The summed E-state index contributed by atoms with van der Waals surface area (Å²) in [5, 5.41) is 8.16. The second kappa shape index (κ2) is 10.1. The van der Waals surface area contributed by atoms with Crippen molar-refractivity contribution in [2.24, 2.45) is 0 Å². The molecular formula is C18H20ClN3O3S2. The third-order valence-corrected chi connectivity index (χ3v) is 6.20. The molecule has 9 heteroatoms. The van der Waals surface area contributed by atoms with E-state index in [1.807, 2.05) is 5.38 Å². The van der Waals surface area contributed by atoms with Crippen LogP contribution in [0.3, 0.4) is 0 Å². The van der Waals surface area contributed by atoms with E-state index in [-0.39, 0.29) is 30.1 Å². The zero-order valence-corrected chi connectivity index (χ0v) is 17.0. The molecule has 2 heterocycles. The molecule has 0 saturated carbocycles. The van der Waals surface area contributed by atoms with Gasteiger partial charge in [-0.1, -0.05) is 23.4 Å². The van der Waals surface area contributed by atoms with Crippen LogP contribution in [0.1, 0.15) is 18.5 Å². The number of carbonyl (C=O) groups is 2. The maximum absolute atomic E-state index is 12.0. The summed E-state index contributed by atoms with van der Waals surface area (Å²) in [4.78, 5) is 28.4. The smallest absolute Gasteiger partial charge is 0.234 e. The number of nitrogens with zero attached hydrogens (tertiary/aromatic N) is 1. The fourth-order valence-electron chi connectivity index (χ4n) is 2.55. The number of benzene rings is 1. The molecule has 0 radical (unpaired) electrons. The first-order valence-electron chi connectivity index (χ1n) is 8.59. The van der Waals surface area contributed by atoms with Crippen LogP contribution in [0, 0.1) is 0 Å². The Bertz CT molecular complexity index is 776. The highest BCUT2D eigenvalue weighted by Gasteiger charge is 2.16. The summed E-state index contributed by atoms with van der Waals surface area (Å²) in [5.41, 5.74) is 1.41. The molecular weight excluding hydrogens is 406 g/mol. The predicted octanol–water partition coefficient (Wildman–Crippen LogP) is 3.37. The van der Waals surface area contributed by atoms with Crippen LogP contribution in [0.4, 0.5) is 5.69 Å². The lowest BCUT2D eigenvalue weighted by Gasteiger charge is -2.09. The highest BCUT2D eigenvalue weighted by atomic mass is 35.5. The molecule has 1 aliphatic rings. The van der Waals surface area contributed by atoms with E-state index in [2.05, 4.69) is 15.6 Å². The summed E-state index contributed by atoms with van der Waals surface area (Å²) >= 11 is 8.61. The quantitative estimate of drug-likeness (QED) is 0.634. The van der Waals surface area contributed by atoms with Crippen molar-refractivity contribution in [1.29, 1.82) is 0 Å². The number of amides is 2. The van der Waals surface area contributed by atoms with E-state index in [0.717, 1.165) is 23.8 Å². The third kappa shape index (κ3) is 6.80. The fraction of sp³-hybridized carbons (Fsp3) is 0.389. The predicted molar refractivity (Wildman–Crippen MR) is 109 cm³/mol. The molecule has 2 aromatic rings. The number of aromatic nitrogens is 1. The summed E-state index contributed by atoms with van der Waals surface area (Å²) in [7, 11) is 0. The van der Waals surface area contributed by atoms with Crippen LogP contribution in [0.15, 0.2) is 34.0 Å². The molecule has 144 valence electrons. The maximum atomic E-state index is 12.0.